The van der Waals surface area contributed by atoms with Crippen LogP contribution >= 0.6 is 11.5 Å². The minimum absolute atomic E-state index is 0.000448. The lowest BCUT2D eigenvalue weighted by atomic mass is 9.49. The molecule has 4 bridgehead atoms. The highest BCUT2D eigenvalue weighted by molar-refractivity contribution is 7.10. The molecular weight excluding hydrogens is 314 g/mol. The van der Waals surface area contributed by atoms with E-state index in [9.17, 15) is 9.59 Å². The van der Waals surface area contributed by atoms with E-state index in [-0.39, 0.29) is 17.1 Å². The van der Waals surface area contributed by atoms with Gasteiger partial charge in [0.05, 0.1) is 7.11 Å². The summed E-state index contributed by atoms with van der Waals surface area (Å²) < 4.78 is 8.48. The summed E-state index contributed by atoms with van der Waals surface area (Å²) in [5, 5.41) is 3.19. The van der Waals surface area contributed by atoms with Crippen LogP contribution in [-0.2, 0) is 9.53 Å². The Morgan fingerprint density at radius 3 is 2.39 bits per heavy atom. The molecule has 0 unspecified atom stereocenters. The van der Waals surface area contributed by atoms with E-state index in [4.69, 9.17) is 0 Å². The highest BCUT2D eigenvalue weighted by Gasteiger charge is 2.51. The SMILES string of the molecule is COC(=O)c1nsc(NC(=O)CC23CC4CC(CC(C4)C2)C3)n1. The van der Waals surface area contributed by atoms with Gasteiger partial charge in [-0.05, 0) is 61.7 Å². The quantitative estimate of drug-likeness (QED) is 0.856. The standard InChI is InChI=1S/C16H21N3O3S/c1-22-14(21)13-18-15(23-19-13)17-12(20)8-16-5-9-2-10(6-16)4-11(3-9)7-16/h9-11H,2-8H2,1H3,(H,17,18,19,20). The molecule has 4 saturated carbocycles. The molecule has 7 heteroatoms. The Bertz CT molecular complexity index is 607. The van der Waals surface area contributed by atoms with E-state index in [2.05, 4.69) is 19.4 Å². The van der Waals surface area contributed by atoms with Gasteiger partial charge in [0.1, 0.15) is 0 Å². The number of amides is 1. The average molecular weight is 335 g/mol. The fourth-order valence-electron chi connectivity index (χ4n) is 5.46. The van der Waals surface area contributed by atoms with Crippen LogP contribution in [0.1, 0.15) is 55.6 Å². The molecule has 6 nitrogen and oxygen atoms in total. The van der Waals surface area contributed by atoms with Gasteiger partial charge in [-0.15, -0.1) is 0 Å². The summed E-state index contributed by atoms with van der Waals surface area (Å²) in [5.41, 5.74) is 0.203. The van der Waals surface area contributed by atoms with Crippen LogP contribution < -0.4 is 5.32 Å². The predicted molar refractivity (Wildman–Crippen MR) is 85.1 cm³/mol. The first-order valence-corrected chi connectivity index (χ1v) is 9.04. The number of carbonyl (C=O) groups excluding carboxylic acids is 2. The maximum absolute atomic E-state index is 12.5. The minimum atomic E-state index is -0.581. The molecule has 4 aliphatic carbocycles. The Labute approximate surface area is 139 Å². The number of nitrogens with zero attached hydrogens (tertiary/aromatic N) is 2. The fraction of sp³-hybridized carbons (Fsp3) is 0.750. The van der Waals surface area contributed by atoms with Crippen LogP contribution in [0.5, 0.6) is 0 Å². The number of carbonyl (C=O) groups is 2. The largest absolute Gasteiger partial charge is 0.463 e. The van der Waals surface area contributed by atoms with Gasteiger partial charge in [-0.25, -0.2) is 4.79 Å². The van der Waals surface area contributed by atoms with E-state index in [1.807, 2.05) is 0 Å². The molecule has 1 amide bonds. The first kappa shape index (κ1) is 15.1. The van der Waals surface area contributed by atoms with Crippen molar-refractivity contribution < 1.29 is 14.3 Å². The van der Waals surface area contributed by atoms with Crippen molar-refractivity contribution in [1.82, 2.24) is 9.36 Å². The second-order valence-corrected chi connectivity index (χ2v) is 8.31. The lowest BCUT2D eigenvalue weighted by Gasteiger charge is -2.56. The van der Waals surface area contributed by atoms with E-state index in [1.165, 1.54) is 45.6 Å². The van der Waals surface area contributed by atoms with Gasteiger partial charge < -0.3 is 10.1 Å². The van der Waals surface area contributed by atoms with Crippen LogP contribution in [-0.4, -0.2) is 28.3 Å². The van der Waals surface area contributed by atoms with Gasteiger partial charge in [-0.2, -0.15) is 9.36 Å². The van der Waals surface area contributed by atoms with Crippen molar-refractivity contribution in [2.75, 3.05) is 12.4 Å². The molecule has 0 radical (unpaired) electrons. The van der Waals surface area contributed by atoms with Crippen LogP contribution in [0, 0.1) is 23.2 Å². The van der Waals surface area contributed by atoms with Gasteiger partial charge in [0.25, 0.3) is 5.82 Å². The highest BCUT2D eigenvalue weighted by Crippen LogP contribution is 2.61. The van der Waals surface area contributed by atoms with Crippen molar-refractivity contribution >= 4 is 28.5 Å². The first-order valence-electron chi connectivity index (χ1n) is 8.27. The maximum Gasteiger partial charge on any atom is 0.377 e. The number of nitrogens with one attached hydrogen (secondary N) is 1. The molecule has 0 atom stereocenters. The normalized spacial score (nSPS) is 34.4. The Hall–Kier alpha value is -1.50. The number of rotatable bonds is 4. The Balaban J connectivity index is 1.40. The van der Waals surface area contributed by atoms with Crippen molar-refractivity contribution in [3.8, 4) is 0 Å². The summed E-state index contributed by atoms with van der Waals surface area (Å²) in [5.74, 6) is 1.93. The number of hydrogen-bond acceptors (Lipinski definition) is 6. The molecule has 4 fully saturated rings. The van der Waals surface area contributed by atoms with E-state index in [1.54, 1.807) is 0 Å². The molecule has 1 aromatic heterocycles. The number of aromatic nitrogens is 2. The number of hydrogen-bond donors (Lipinski definition) is 1. The molecule has 0 spiro atoms. The third-order valence-corrected chi connectivity index (χ3v) is 6.37. The predicted octanol–water partition coefficient (Wildman–Crippen LogP) is 2.87. The molecule has 1 aromatic rings. The van der Waals surface area contributed by atoms with Gasteiger partial charge in [-0.1, -0.05) is 0 Å². The molecule has 1 N–H and O–H groups in total. The molecule has 4 aliphatic rings. The van der Waals surface area contributed by atoms with Crippen molar-refractivity contribution in [2.45, 2.75) is 44.9 Å². The lowest BCUT2D eigenvalue weighted by Crippen LogP contribution is -2.47. The molecular formula is C16H21N3O3S. The van der Waals surface area contributed by atoms with Crippen molar-refractivity contribution in [3.63, 3.8) is 0 Å². The van der Waals surface area contributed by atoms with Crippen LogP contribution in [0.3, 0.4) is 0 Å². The highest BCUT2D eigenvalue weighted by atomic mass is 32.1. The zero-order chi connectivity index (χ0) is 16.0. The second-order valence-electron chi connectivity index (χ2n) is 7.56. The third kappa shape index (κ3) is 2.86. The minimum Gasteiger partial charge on any atom is -0.463 e. The summed E-state index contributed by atoms with van der Waals surface area (Å²) in [7, 11) is 1.29. The van der Waals surface area contributed by atoms with Crippen LogP contribution in [0.4, 0.5) is 5.13 Å². The van der Waals surface area contributed by atoms with Crippen molar-refractivity contribution in [1.29, 1.82) is 0 Å². The Kier molecular flexibility index (Phi) is 3.63. The van der Waals surface area contributed by atoms with Gasteiger partial charge in [-0.3, -0.25) is 4.79 Å². The summed E-state index contributed by atoms with van der Waals surface area (Å²) in [6, 6.07) is 0. The fourth-order valence-corrected chi connectivity index (χ4v) is 6.03. The number of anilines is 1. The lowest BCUT2D eigenvalue weighted by molar-refractivity contribution is -0.124. The topological polar surface area (TPSA) is 81.2 Å². The smallest absolute Gasteiger partial charge is 0.377 e. The first-order chi connectivity index (χ1) is 11.0. The zero-order valence-electron chi connectivity index (χ0n) is 13.2. The van der Waals surface area contributed by atoms with Gasteiger partial charge in [0.2, 0.25) is 11.0 Å². The number of esters is 1. The van der Waals surface area contributed by atoms with E-state index in [0.717, 1.165) is 29.3 Å². The van der Waals surface area contributed by atoms with Crippen LogP contribution in [0.2, 0.25) is 0 Å². The average Bonchev–Trinajstić information content (AvgIpc) is 2.92. The Morgan fingerprint density at radius 2 is 1.83 bits per heavy atom. The molecule has 23 heavy (non-hydrogen) atoms. The molecule has 5 rings (SSSR count). The summed E-state index contributed by atoms with van der Waals surface area (Å²) in [6.45, 7) is 0. The summed E-state index contributed by atoms with van der Waals surface area (Å²) in [4.78, 5) is 27.8. The molecule has 124 valence electrons. The van der Waals surface area contributed by atoms with Gasteiger partial charge >= 0.3 is 5.97 Å². The number of ether oxygens (including phenoxy) is 1. The van der Waals surface area contributed by atoms with Crippen molar-refractivity contribution in [2.24, 2.45) is 23.2 Å². The van der Waals surface area contributed by atoms with Crippen LogP contribution in [0.25, 0.3) is 0 Å². The van der Waals surface area contributed by atoms with Crippen LogP contribution in [0.15, 0.2) is 0 Å². The molecule has 0 aromatic carbocycles. The maximum atomic E-state index is 12.5. The molecule has 1 heterocycles. The van der Waals surface area contributed by atoms with Crippen molar-refractivity contribution in [3.05, 3.63) is 5.82 Å². The van der Waals surface area contributed by atoms with Gasteiger partial charge in [0, 0.05) is 18.0 Å². The number of methoxy groups -OCH3 is 1. The molecule has 0 aliphatic heterocycles. The third-order valence-electron chi connectivity index (χ3n) is 5.74. The Morgan fingerprint density at radius 1 is 1.22 bits per heavy atom. The summed E-state index contributed by atoms with van der Waals surface area (Å²) in [6.07, 6.45) is 8.31. The van der Waals surface area contributed by atoms with E-state index in [0.29, 0.717) is 11.6 Å². The summed E-state index contributed by atoms with van der Waals surface area (Å²) >= 11 is 1.02. The monoisotopic (exact) mass is 335 g/mol. The zero-order valence-corrected chi connectivity index (χ0v) is 14.0. The van der Waals surface area contributed by atoms with Gasteiger partial charge in [0.15, 0.2) is 0 Å². The molecule has 0 saturated heterocycles. The van der Waals surface area contributed by atoms with E-state index < -0.39 is 5.97 Å². The second kappa shape index (κ2) is 5.54. The van der Waals surface area contributed by atoms with E-state index >= 15 is 0 Å².